The number of halogens is 5. The second-order valence-corrected chi connectivity index (χ2v) is 7.18. The first-order chi connectivity index (χ1) is 14.6. The standard InChI is InChI=1S/C21H20F5NO4/c22-20(23)30-12-16-9-18(31-17-7-5-15(6-8-17)21(24,25)26)11-27(16)10-13-1-3-14(4-2-13)19(28)29/h1-8,16,18,20H,9-12H2,(H,28,29)/t16-,18-/m0/s1. The van der Waals surface area contributed by atoms with Gasteiger partial charge in [0.05, 0.1) is 17.7 Å². The molecule has 5 nitrogen and oxygen atoms in total. The van der Waals surface area contributed by atoms with Gasteiger partial charge in [-0.05, 0) is 42.0 Å². The predicted octanol–water partition coefficient (Wildman–Crippen LogP) is 4.66. The molecule has 0 radical (unpaired) electrons. The van der Waals surface area contributed by atoms with Crippen LogP contribution in [0.3, 0.4) is 0 Å². The highest BCUT2D eigenvalue weighted by atomic mass is 19.4. The van der Waals surface area contributed by atoms with Crippen LogP contribution in [0, 0.1) is 0 Å². The van der Waals surface area contributed by atoms with Crippen molar-refractivity contribution in [2.75, 3.05) is 13.2 Å². The highest BCUT2D eigenvalue weighted by Gasteiger charge is 2.35. The van der Waals surface area contributed by atoms with E-state index in [9.17, 15) is 26.7 Å². The van der Waals surface area contributed by atoms with Crippen LogP contribution in [0.2, 0.25) is 0 Å². The number of hydrogen-bond acceptors (Lipinski definition) is 4. The smallest absolute Gasteiger partial charge is 0.416 e. The molecule has 0 aromatic heterocycles. The highest BCUT2D eigenvalue weighted by molar-refractivity contribution is 5.87. The molecule has 3 rings (SSSR count). The van der Waals surface area contributed by atoms with E-state index in [0.717, 1.165) is 17.7 Å². The number of alkyl halides is 5. The normalized spacial score (nSPS) is 19.7. The van der Waals surface area contributed by atoms with E-state index in [1.807, 2.05) is 4.90 Å². The number of carboxylic acid groups (broad SMARTS) is 1. The number of aromatic carboxylic acids is 1. The molecule has 1 aliphatic rings. The third kappa shape index (κ3) is 6.38. The van der Waals surface area contributed by atoms with E-state index in [1.165, 1.54) is 24.3 Å². The lowest BCUT2D eigenvalue weighted by molar-refractivity contribution is -0.139. The quantitative estimate of drug-likeness (QED) is 0.599. The minimum atomic E-state index is -4.45. The Bertz CT molecular complexity index is 871. The fourth-order valence-corrected chi connectivity index (χ4v) is 3.48. The number of nitrogens with zero attached hydrogens (tertiary/aromatic N) is 1. The van der Waals surface area contributed by atoms with Gasteiger partial charge in [-0.15, -0.1) is 0 Å². The molecular formula is C21H20F5NO4. The van der Waals surface area contributed by atoms with E-state index < -0.39 is 36.5 Å². The van der Waals surface area contributed by atoms with Crippen LogP contribution >= 0.6 is 0 Å². The van der Waals surface area contributed by atoms with Crippen molar-refractivity contribution >= 4 is 5.97 Å². The van der Waals surface area contributed by atoms with Crippen LogP contribution in [0.15, 0.2) is 48.5 Å². The van der Waals surface area contributed by atoms with E-state index in [0.29, 0.717) is 19.5 Å². The van der Waals surface area contributed by atoms with Crippen LogP contribution in [0.25, 0.3) is 0 Å². The van der Waals surface area contributed by atoms with Crippen molar-refractivity contribution in [3.05, 3.63) is 65.2 Å². The van der Waals surface area contributed by atoms with Crippen LogP contribution in [0.1, 0.15) is 27.9 Å². The molecule has 0 bridgehead atoms. The van der Waals surface area contributed by atoms with Gasteiger partial charge in [0, 0.05) is 25.6 Å². The fraction of sp³-hybridized carbons (Fsp3) is 0.381. The van der Waals surface area contributed by atoms with Gasteiger partial charge in [0.15, 0.2) is 0 Å². The Hall–Kier alpha value is -2.72. The second kappa shape index (κ2) is 9.61. The topological polar surface area (TPSA) is 59.0 Å². The monoisotopic (exact) mass is 445 g/mol. The molecule has 1 heterocycles. The largest absolute Gasteiger partial charge is 0.489 e. The van der Waals surface area contributed by atoms with E-state index in [2.05, 4.69) is 4.74 Å². The molecule has 31 heavy (non-hydrogen) atoms. The summed E-state index contributed by atoms with van der Waals surface area (Å²) in [4.78, 5) is 12.8. The van der Waals surface area contributed by atoms with Gasteiger partial charge < -0.3 is 14.6 Å². The number of likely N-dealkylation sites (tertiary alicyclic amines) is 1. The first-order valence-corrected chi connectivity index (χ1v) is 9.42. The van der Waals surface area contributed by atoms with Crippen LogP contribution in [-0.4, -0.2) is 47.9 Å². The van der Waals surface area contributed by atoms with Gasteiger partial charge >= 0.3 is 18.8 Å². The molecule has 1 aliphatic heterocycles. The number of hydrogen-bond donors (Lipinski definition) is 1. The van der Waals surface area contributed by atoms with Gasteiger partial charge in [0.2, 0.25) is 0 Å². The van der Waals surface area contributed by atoms with Crippen molar-refractivity contribution in [3.63, 3.8) is 0 Å². The lowest BCUT2D eigenvalue weighted by Gasteiger charge is -2.23. The SMILES string of the molecule is O=C(O)c1ccc(CN2C[C@@H](Oc3ccc(C(F)(F)F)cc3)C[C@H]2COC(F)F)cc1. The Labute approximate surface area is 175 Å². The Morgan fingerprint density at radius 1 is 1.10 bits per heavy atom. The lowest BCUT2D eigenvalue weighted by atomic mass is 10.1. The van der Waals surface area contributed by atoms with Gasteiger partial charge in [-0.3, -0.25) is 4.90 Å². The zero-order valence-corrected chi connectivity index (χ0v) is 16.2. The molecule has 168 valence electrons. The maximum atomic E-state index is 12.7. The Kier molecular flexibility index (Phi) is 7.11. The van der Waals surface area contributed by atoms with Gasteiger partial charge in [-0.25, -0.2) is 4.79 Å². The first kappa shape index (κ1) is 23.0. The van der Waals surface area contributed by atoms with E-state index in [-0.39, 0.29) is 17.9 Å². The molecule has 0 aliphatic carbocycles. The maximum absolute atomic E-state index is 12.7. The van der Waals surface area contributed by atoms with Crippen molar-refractivity contribution in [1.82, 2.24) is 4.90 Å². The van der Waals surface area contributed by atoms with E-state index in [1.54, 1.807) is 12.1 Å². The summed E-state index contributed by atoms with van der Waals surface area (Å²) in [5, 5.41) is 8.98. The van der Waals surface area contributed by atoms with Crippen molar-refractivity contribution in [1.29, 1.82) is 0 Å². The summed E-state index contributed by atoms with van der Waals surface area (Å²) < 4.78 is 73.4. The Balaban J connectivity index is 1.67. The third-order valence-electron chi connectivity index (χ3n) is 4.98. The molecular weight excluding hydrogens is 425 g/mol. The Morgan fingerprint density at radius 2 is 1.74 bits per heavy atom. The molecule has 0 amide bonds. The zero-order valence-electron chi connectivity index (χ0n) is 16.2. The summed E-state index contributed by atoms with van der Waals surface area (Å²) in [6, 6.07) is 10.1. The molecule has 10 heteroatoms. The van der Waals surface area contributed by atoms with Crippen molar-refractivity contribution in [3.8, 4) is 5.75 Å². The summed E-state index contributed by atoms with van der Waals surface area (Å²) in [5.74, 6) is -0.805. The van der Waals surface area contributed by atoms with Crippen molar-refractivity contribution < 1.29 is 41.3 Å². The summed E-state index contributed by atoms with van der Waals surface area (Å²) in [5.41, 5.74) is 0.120. The van der Waals surface area contributed by atoms with Crippen molar-refractivity contribution in [2.24, 2.45) is 0 Å². The lowest BCUT2D eigenvalue weighted by Crippen LogP contribution is -2.33. The van der Waals surface area contributed by atoms with Gasteiger partial charge in [-0.1, -0.05) is 12.1 Å². The van der Waals surface area contributed by atoms with Crippen LogP contribution in [0.5, 0.6) is 5.75 Å². The maximum Gasteiger partial charge on any atom is 0.416 e. The van der Waals surface area contributed by atoms with Crippen LogP contribution < -0.4 is 4.74 Å². The average molecular weight is 445 g/mol. The Morgan fingerprint density at radius 3 is 2.29 bits per heavy atom. The number of carbonyl (C=O) groups is 1. The van der Waals surface area contributed by atoms with Gasteiger partial charge in [0.1, 0.15) is 11.9 Å². The van der Waals surface area contributed by atoms with Crippen molar-refractivity contribution in [2.45, 2.75) is 37.9 Å². The number of rotatable bonds is 8. The zero-order chi connectivity index (χ0) is 22.6. The van der Waals surface area contributed by atoms with E-state index in [4.69, 9.17) is 9.84 Å². The van der Waals surface area contributed by atoms with Crippen LogP contribution in [-0.2, 0) is 17.5 Å². The molecule has 1 saturated heterocycles. The molecule has 2 aromatic carbocycles. The number of benzene rings is 2. The highest BCUT2D eigenvalue weighted by Crippen LogP contribution is 2.31. The molecule has 1 N–H and O–H groups in total. The summed E-state index contributed by atoms with van der Waals surface area (Å²) in [6.07, 6.45) is -4.53. The van der Waals surface area contributed by atoms with Gasteiger partial charge in [-0.2, -0.15) is 22.0 Å². The first-order valence-electron chi connectivity index (χ1n) is 9.42. The summed E-state index contributed by atoms with van der Waals surface area (Å²) >= 11 is 0. The molecule has 2 atom stereocenters. The molecule has 0 unspecified atom stereocenters. The predicted molar refractivity (Wildman–Crippen MR) is 100 cm³/mol. The number of ether oxygens (including phenoxy) is 2. The summed E-state index contributed by atoms with van der Waals surface area (Å²) in [6.45, 7) is -2.47. The molecule has 2 aromatic rings. The molecule has 1 fully saturated rings. The molecule has 0 spiro atoms. The summed E-state index contributed by atoms with van der Waals surface area (Å²) in [7, 11) is 0. The van der Waals surface area contributed by atoms with E-state index >= 15 is 0 Å². The fourth-order valence-electron chi connectivity index (χ4n) is 3.48. The average Bonchev–Trinajstić information content (AvgIpc) is 3.07. The van der Waals surface area contributed by atoms with Gasteiger partial charge in [0.25, 0.3) is 0 Å². The number of carboxylic acids is 1. The minimum Gasteiger partial charge on any atom is -0.489 e. The third-order valence-corrected chi connectivity index (χ3v) is 4.98. The minimum absolute atomic E-state index is 0.131. The molecule has 0 saturated carbocycles. The van der Waals surface area contributed by atoms with Crippen LogP contribution in [0.4, 0.5) is 22.0 Å². The second-order valence-electron chi connectivity index (χ2n) is 7.18.